The average molecular weight is 328 g/mol. The highest BCUT2D eigenvalue weighted by Crippen LogP contribution is 2.27. The van der Waals surface area contributed by atoms with Crippen molar-refractivity contribution in [2.24, 2.45) is 0 Å². The van der Waals surface area contributed by atoms with Crippen LogP contribution in [0, 0.1) is 6.92 Å². The van der Waals surface area contributed by atoms with Gasteiger partial charge in [0.2, 0.25) is 0 Å². The second-order valence-electron chi connectivity index (χ2n) is 7.26. The molecule has 24 heavy (non-hydrogen) atoms. The number of aromatic hydroxyl groups is 1. The van der Waals surface area contributed by atoms with E-state index in [0.717, 1.165) is 11.1 Å². The molecule has 0 saturated heterocycles. The zero-order chi connectivity index (χ0) is 17.7. The number of aliphatic hydroxyl groups is 1. The van der Waals surface area contributed by atoms with E-state index in [4.69, 9.17) is 0 Å². The van der Waals surface area contributed by atoms with Crippen LogP contribution in [0.1, 0.15) is 43.6 Å². The lowest BCUT2D eigenvalue weighted by Crippen LogP contribution is -2.38. The van der Waals surface area contributed by atoms with Gasteiger partial charge in [0.15, 0.2) is 0 Å². The molecule has 4 nitrogen and oxygen atoms in total. The lowest BCUT2D eigenvalue weighted by atomic mass is 10.0. The van der Waals surface area contributed by atoms with Crippen molar-refractivity contribution in [2.45, 2.75) is 45.9 Å². The van der Waals surface area contributed by atoms with Crippen molar-refractivity contribution in [3.8, 4) is 5.75 Å². The fourth-order valence-corrected chi connectivity index (χ4v) is 2.33. The number of benzene rings is 2. The molecule has 0 fully saturated rings. The van der Waals surface area contributed by atoms with Crippen LogP contribution in [0.5, 0.6) is 5.75 Å². The smallest absolute Gasteiger partial charge is 0.138 e. The summed E-state index contributed by atoms with van der Waals surface area (Å²) in [5, 5.41) is 26.9. The number of hydrogen-bond donors (Lipinski definition) is 4. The summed E-state index contributed by atoms with van der Waals surface area (Å²) in [6, 6.07) is 13.4. The van der Waals surface area contributed by atoms with Gasteiger partial charge in [-0.05, 0) is 51.0 Å². The number of anilines is 1. The fourth-order valence-electron chi connectivity index (χ4n) is 2.33. The van der Waals surface area contributed by atoms with Crippen molar-refractivity contribution >= 4 is 5.69 Å². The van der Waals surface area contributed by atoms with Gasteiger partial charge in [0.05, 0.1) is 11.8 Å². The van der Waals surface area contributed by atoms with E-state index in [1.54, 1.807) is 18.2 Å². The number of hydrogen-bond acceptors (Lipinski definition) is 4. The summed E-state index contributed by atoms with van der Waals surface area (Å²) in [7, 11) is 0. The number of phenols is 1. The third-order valence-corrected chi connectivity index (χ3v) is 3.83. The number of aliphatic hydroxyl groups excluding tert-OH is 1. The molecule has 0 aromatic heterocycles. The zero-order valence-electron chi connectivity index (χ0n) is 14.9. The number of β-amino-alcohol motifs (C(OH)–C–C–N with tert-alkyl or cyclic N) is 1. The molecule has 0 aliphatic carbocycles. The third kappa shape index (κ3) is 5.55. The summed E-state index contributed by atoms with van der Waals surface area (Å²) in [4.78, 5) is 0. The van der Waals surface area contributed by atoms with E-state index in [9.17, 15) is 10.2 Å². The normalized spacial score (nSPS) is 12.9. The lowest BCUT2D eigenvalue weighted by Gasteiger charge is -2.23. The third-order valence-electron chi connectivity index (χ3n) is 3.83. The largest absolute Gasteiger partial charge is 0.506 e. The van der Waals surface area contributed by atoms with Crippen molar-refractivity contribution in [3.05, 3.63) is 59.2 Å². The molecular formula is C20H28N2O2. The number of phenolic OH excluding ortho intramolecular Hbond substituents is 1. The molecular weight excluding hydrogens is 300 g/mol. The van der Waals surface area contributed by atoms with E-state index < -0.39 is 6.10 Å². The molecule has 0 saturated carbocycles. The highest BCUT2D eigenvalue weighted by atomic mass is 16.3. The van der Waals surface area contributed by atoms with Crippen molar-refractivity contribution in [1.82, 2.24) is 5.32 Å². The molecule has 0 amide bonds. The molecule has 2 aromatic carbocycles. The maximum Gasteiger partial charge on any atom is 0.138 e. The van der Waals surface area contributed by atoms with Gasteiger partial charge in [-0.2, -0.15) is 0 Å². The maximum absolute atomic E-state index is 10.3. The molecule has 0 heterocycles. The Morgan fingerprint density at radius 3 is 2.33 bits per heavy atom. The van der Waals surface area contributed by atoms with Gasteiger partial charge in [-0.1, -0.05) is 35.9 Å². The van der Waals surface area contributed by atoms with Gasteiger partial charge in [0.1, 0.15) is 5.75 Å². The van der Waals surface area contributed by atoms with E-state index in [2.05, 4.69) is 62.6 Å². The van der Waals surface area contributed by atoms with Crippen LogP contribution in [0.2, 0.25) is 0 Å². The van der Waals surface area contributed by atoms with Crippen LogP contribution < -0.4 is 10.6 Å². The lowest BCUT2D eigenvalue weighted by molar-refractivity contribution is 0.163. The minimum absolute atomic E-state index is 0.0512. The first-order chi connectivity index (χ1) is 11.2. The Morgan fingerprint density at radius 2 is 1.71 bits per heavy atom. The van der Waals surface area contributed by atoms with E-state index >= 15 is 0 Å². The van der Waals surface area contributed by atoms with Crippen LogP contribution in [-0.2, 0) is 6.54 Å². The highest BCUT2D eigenvalue weighted by molar-refractivity contribution is 5.57. The molecule has 2 aromatic rings. The first-order valence-corrected chi connectivity index (χ1v) is 8.30. The fraction of sp³-hybridized carbons (Fsp3) is 0.400. The summed E-state index contributed by atoms with van der Waals surface area (Å²) >= 11 is 0. The summed E-state index contributed by atoms with van der Waals surface area (Å²) in [5.74, 6) is 0.182. The Morgan fingerprint density at radius 1 is 1.04 bits per heavy atom. The Balaban J connectivity index is 2.03. The van der Waals surface area contributed by atoms with E-state index in [-0.39, 0.29) is 11.3 Å². The van der Waals surface area contributed by atoms with Crippen LogP contribution >= 0.6 is 0 Å². The number of nitrogens with one attached hydrogen (secondary N) is 2. The van der Waals surface area contributed by atoms with Crippen molar-refractivity contribution in [3.63, 3.8) is 0 Å². The second-order valence-corrected chi connectivity index (χ2v) is 7.26. The van der Waals surface area contributed by atoms with Crippen LogP contribution in [0.25, 0.3) is 0 Å². The van der Waals surface area contributed by atoms with E-state index in [1.165, 1.54) is 5.56 Å². The van der Waals surface area contributed by atoms with Crippen molar-refractivity contribution in [1.29, 1.82) is 0 Å². The van der Waals surface area contributed by atoms with Gasteiger partial charge >= 0.3 is 0 Å². The maximum atomic E-state index is 10.3. The highest BCUT2D eigenvalue weighted by Gasteiger charge is 2.15. The molecule has 0 aliphatic heterocycles. The molecule has 130 valence electrons. The predicted octanol–water partition coefficient (Wildman–Crippen LogP) is 3.73. The predicted molar refractivity (Wildman–Crippen MR) is 99.3 cm³/mol. The molecule has 4 heteroatoms. The van der Waals surface area contributed by atoms with Crippen LogP contribution in [0.3, 0.4) is 0 Å². The van der Waals surface area contributed by atoms with Gasteiger partial charge in [0, 0.05) is 18.6 Å². The SMILES string of the molecule is Cc1ccc(CNc2cc(C(O)CNC(C)(C)C)ccc2O)cc1. The second kappa shape index (κ2) is 7.69. The number of rotatable bonds is 6. The molecule has 4 N–H and O–H groups in total. The van der Waals surface area contributed by atoms with Gasteiger partial charge in [-0.3, -0.25) is 0 Å². The first-order valence-electron chi connectivity index (χ1n) is 8.30. The average Bonchev–Trinajstić information content (AvgIpc) is 2.52. The van der Waals surface area contributed by atoms with Crippen LogP contribution in [0.4, 0.5) is 5.69 Å². The van der Waals surface area contributed by atoms with E-state index in [1.807, 2.05) is 0 Å². The first kappa shape index (κ1) is 18.3. The quantitative estimate of drug-likeness (QED) is 0.610. The van der Waals surface area contributed by atoms with Crippen molar-refractivity contribution < 1.29 is 10.2 Å². The Labute approximate surface area is 144 Å². The molecule has 1 atom stereocenters. The Bertz CT molecular complexity index is 660. The standard InChI is InChI=1S/C20H28N2O2/c1-14-5-7-15(8-6-14)12-21-17-11-16(9-10-18(17)23)19(24)13-22-20(2,3)4/h5-11,19,21-24H,12-13H2,1-4H3. The summed E-state index contributed by atoms with van der Waals surface area (Å²) in [5.41, 5.74) is 3.71. The summed E-state index contributed by atoms with van der Waals surface area (Å²) < 4.78 is 0. The summed E-state index contributed by atoms with van der Waals surface area (Å²) in [6.45, 7) is 9.32. The molecule has 0 spiro atoms. The molecule has 0 aliphatic rings. The monoisotopic (exact) mass is 328 g/mol. The Hall–Kier alpha value is -2.04. The van der Waals surface area contributed by atoms with Gasteiger partial charge in [0.25, 0.3) is 0 Å². The van der Waals surface area contributed by atoms with Gasteiger partial charge in [-0.25, -0.2) is 0 Å². The minimum atomic E-state index is -0.621. The van der Waals surface area contributed by atoms with E-state index in [0.29, 0.717) is 18.8 Å². The van der Waals surface area contributed by atoms with Gasteiger partial charge in [-0.15, -0.1) is 0 Å². The number of aryl methyl sites for hydroxylation is 1. The van der Waals surface area contributed by atoms with Gasteiger partial charge < -0.3 is 20.8 Å². The molecule has 1 unspecified atom stereocenters. The van der Waals surface area contributed by atoms with Crippen LogP contribution in [0.15, 0.2) is 42.5 Å². The Kier molecular flexibility index (Phi) is 5.86. The van der Waals surface area contributed by atoms with Crippen molar-refractivity contribution in [2.75, 3.05) is 11.9 Å². The van der Waals surface area contributed by atoms with Crippen LogP contribution in [-0.4, -0.2) is 22.3 Å². The molecule has 0 bridgehead atoms. The summed E-state index contributed by atoms with van der Waals surface area (Å²) in [6.07, 6.45) is -0.621. The minimum Gasteiger partial charge on any atom is -0.506 e. The molecule has 0 radical (unpaired) electrons. The topological polar surface area (TPSA) is 64.5 Å². The molecule has 2 rings (SSSR count). The zero-order valence-corrected chi connectivity index (χ0v) is 14.9.